The van der Waals surface area contributed by atoms with Crippen molar-refractivity contribution in [3.8, 4) is 0 Å². The number of halogens is 1. The van der Waals surface area contributed by atoms with Crippen molar-refractivity contribution in [1.29, 1.82) is 0 Å². The number of hydrazine groups is 1. The summed E-state index contributed by atoms with van der Waals surface area (Å²) in [6, 6.07) is 0.205. The molecule has 5 aliphatic rings. The second-order valence-electron chi connectivity index (χ2n) is 9.43. The molecule has 4 saturated heterocycles. The van der Waals surface area contributed by atoms with Gasteiger partial charge in [-0.2, -0.15) is 0 Å². The molecule has 5 fully saturated rings. The van der Waals surface area contributed by atoms with Crippen molar-refractivity contribution in [3.05, 3.63) is 0 Å². The van der Waals surface area contributed by atoms with E-state index < -0.39 is 6.17 Å². The van der Waals surface area contributed by atoms with E-state index >= 15 is 0 Å². The van der Waals surface area contributed by atoms with Gasteiger partial charge in [-0.15, -0.1) is 0 Å². The summed E-state index contributed by atoms with van der Waals surface area (Å²) in [5, 5.41) is 20.3. The molecule has 7 nitrogen and oxygen atoms in total. The maximum absolute atomic E-state index is 14.4. The van der Waals surface area contributed by atoms with E-state index in [9.17, 15) is 9.50 Å². The Kier molecular flexibility index (Phi) is 5.89. The molecule has 2 bridgehead atoms. The van der Waals surface area contributed by atoms with Crippen molar-refractivity contribution in [2.24, 2.45) is 11.8 Å². The summed E-state index contributed by atoms with van der Waals surface area (Å²) in [5.74, 6) is 0.699. The van der Waals surface area contributed by atoms with Gasteiger partial charge in [0.2, 0.25) is 0 Å². The van der Waals surface area contributed by atoms with Gasteiger partial charge in [-0.1, -0.05) is 0 Å². The predicted molar refractivity (Wildman–Crippen MR) is 104 cm³/mol. The SMILES string of the molecule is O[C@@H]1C[C@@H]2C3CC(F)CCC3OCCCNCC3CNN4CCC(NC34)N2C1. The van der Waals surface area contributed by atoms with Crippen molar-refractivity contribution < 1.29 is 14.2 Å². The number of nitrogens with zero attached hydrogens (tertiary/aromatic N) is 2. The number of ether oxygens (including phenoxy) is 1. The lowest BCUT2D eigenvalue weighted by atomic mass is 9.79. The molecule has 160 valence electrons. The van der Waals surface area contributed by atoms with E-state index in [1.54, 1.807) is 0 Å². The normalized spacial score (nSPS) is 48.6. The highest BCUT2D eigenvalue weighted by atomic mass is 19.1. The summed E-state index contributed by atoms with van der Waals surface area (Å²) in [7, 11) is 0. The predicted octanol–water partition coefficient (Wildman–Crippen LogP) is 0.0202. The Labute approximate surface area is 167 Å². The smallest absolute Gasteiger partial charge is 0.101 e. The van der Waals surface area contributed by atoms with Gasteiger partial charge >= 0.3 is 0 Å². The van der Waals surface area contributed by atoms with E-state index in [1.165, 1.54) is 0 Å². The lowest BCUT2D eigenvalue weighted by Crippen LogP contribution is -2.64. The summed E-state index contributed by atoms with van der Waals surface area (Å²) in [6.45, 7) is 5.38. The number of fused-ring (bicyclic) bond motifs is 5. The fourth-order valence-electron chi connectivity index (χ4n) is 6.23. The molecule has 5 rings (SSSR count). The van der Waals surface area contributed by atoms with Crippen LogP contribution in [0.4, 0.5) is 4.39 Å². The standard InChI is InChI=1S/C20H36FN5O2/c21-14-2-3-18-16(8-14)17-9-15(27)12-25(17)19-4-6-26-20(24-19)13(11-23-26)10-22-5-1-7-28-18/h13-20,22-24,27H,1-12H2/t13?,14?,15-,16?,17-,18?,19?,20?/m1/s1. The van der Waals surface area contributed by atoms with Crippen LogP contribution in [0, 0.1) is 11.8 Å². The number of alkyl halides is 1. The van der Waals surface area contributed by atoms with Gasteiger partial charge in [-0.05, 0) is 45.1 Å². The highest BCUT2D eigenvalue weighted by Gasteiger charge is 2.48. The molecule has 0 aromatic carbocycles. The Morgan fingerprint density at radius 1 is 1.11 bits per heavy atom. The van der Waals surface area contributed by atoms with Crippen LogP contribution in [0.1, 0.15) is 38.5 Å². The Bertz CT molecular complexity index is 543. The van der Waals surface area contributed by atoms with Crippen LogP contribution in [0.2, 0.25) is 0 Å². The summed E-state index contributed by atoms with van der Waals surface area (Å²) in [6.07, 6.45) is 4.37. The molecule has 1 aliphatic carbocycles. The minimum Gasteiger partial charge on any atom is -0.392 e. The second-order valence-corrected chi connectivity index (χ2v) is 9.43. The van der Waals surface area contributed by atoms with Gasteiger partial charge in [0.25, 0.3) is 0 Å². The molecule has 1 saturated carbocycles. The van der Waals surface area contributed by atoms with E-state index in [0.717, 1.165) is 58.5 Å². The lowest BCUT2D eigenvalue weighted by Gasteiger charge is -2.47. The number of hydrogen-bond donors (Lipinski definition) is 4. The Balaban J connectivity index is 1.39. The topological polar surface area (TPSA) is 72.0 Å². The third kappa shape index (κ3) is 3.85. The summed E-state index contributed by atoms with van der Waals surface area (Å²) >= 11 is 0. The molecule has 28 heavy (non-hydrogen) atoms. The van der Waals surface area contributed by atoms with Crippen LogP contribution >= 0.6 is 0 Å². The first kappa shape index (κ1) is 19.6. The van der Waals surface area contributed by atoms with E-state index in [0.29, 0.717) is 31.5 Å². The Morgan fingerprint density at radius 3 is 2.96 bits per heavy atom. The maximum atomic E-state index is 14.4. The summed E-state index contributed by atoms with van der Waals surface area (Å²) in [5.41, 5.74) is 3.55. The van der Waals surface area contributed by atoms with Crippen LogP contribution in [-0.4, -0.2) is 91.1 Å². The van der Waals surface area contributed by atoms with Crippen LogP contribution in [0.3, 0.4) is 0 Å². The van der Waals surface area contributed by atoms with Gasteiger partial charge in [-0.3, -0.25) is 15.6 Å². The van der Waals surface area contributed by atoms with Gasteiger partial charge in [0.15, 0.2) is 0 Å². The van der Waals surface area contributed by atoms with Crippen LogP contribution in [0.25, 0.3) is 0 Å². The third-order valence-corrected chi connectivity index (χ3v) is 7.61. The molecule has 4 heterocycles. The molecule has 4 N–H and O–H groups in total. The van der Waals surface area contributed by atoms with Gasteiger partial charge < -0.3 is 15.2 Å². The quantitative estimate of drug-likeness (QED) is 0.459. The zero-order chi connectivity index (χ0) is 19.1. The number of aliphatic hydroxyl groups excluding tert-OH is 1. The zero-order valence-corrected chi connectivity index (χ0v) is 16.7. The lowest BCUT2D eigenvalue weighted by molar-refractivity contribution is -0.0695. The minimum absolute atomic E-state index is 0.119. The molecule has 0 radical (unpaired) electrons. The van der Waals surface area contributed by atoms with E-state index in [1.807, 2.05) is 0 Å². The van der Waals surface area contributed by atoms with Crippen LogP contribution < -0.4 is 16.1 Å². The molecular weight excluding hydrogens is 361 g/mol. The number of rotatable bonds is 0. The number of hydrogen-bond acceptors (Lipinski definition) is 7. The van der Waals surface area contributed by atoms with E-state index in [2.05, 4.69) is 26.0 Å². The van der Waals surface area contributed by atoms with Gasteiger partial charge in [0, 0.05) is 50.7 Å². The van der Waals surface area contributed by atoms with Gasteiger partial charge in [-0.25, -0.2) is 9.40 Å². The Hall–Kier alpha value is -0.350. The third-order valence-electron chi connectivity index (χ3n) is 7.61. The van der Waals surface area contributed by atoms with Crippen molar-refractivity contribution in [2.75, 3.05) is 39.3 Å². The summed E-state index contributed by atoms with van der Waals surface area (Å²) < 4.78 is 20.7. The van der Waals surface area contributed by atoms with Gasteiger partial charge in [0.1, 0.15) is 6.17 Å². The molecule has 0 aromatic heterocycles. The molecule has 0 spiro atoms. The van der Waals surface area contributed by atoms with Crippen LogP contribution in [0.15, 0.2) is 0 Å². The van der Waals surface area contributed by atoms with Crippen LogP contribution in [-0.2, 0) is 4.74 Å². The minimum atomic E-state index is -0.733. The van der Waals surface area contributed by atoms with Crippen molar-refractivity contribution >= 4 is 0 Å². The van der Waals surface area contributed by atoms with Crippen molar-refractivity contribution in [3.63, 3.8) is 0 Å². The monoisotopic (exact) mass is 397 g/mol. The molecule has 6 unspecified atom stereocenters. The fourth-order valence-corrected chi connectivity index (χ4v) is 6.23. The average Bonchev–Trinajstić information content (AvgIpc) is 3.28. The molecule has 8 heteroatoms. The highest BCUT2D eigenvalue weighted by molar-refractivity contribution is 5.00. The molecule has 0 amide bonds. The van der Waals surface area contributed by atoms with Crippen LogP contribution in [0.5, 0.6) is 0 Å². The molecule has 0 aromatic rings. The van der Waals surface area contributed by atoms with E-state index in [4.69, 9.17) is 4.74 Å². The first-order valence-corrected chi connectivity index (χ1v) is 11.4. The zero-order valence-electron chi connectivity index (χ0n) is 16.7. The number of aliphatic hydroxyl groups is 1. The molecular formula is C20H36FN5O2. The van der Waals surface area contributed by atoms with Crippen molar-refractivity contribution in [2.45, 2.75) is 75.3 Å². The van der Waals surface area contributed by atoms with Crippen molar-refractivity contribution in [1.82, 2.24) is 26.0 Å². The highest BCUT2D eigenvalue weighted by Crippen LogP contribution is 2.39. The maximum Gasteiger partial charge on any atom is 0.101 e. The molecule has 4 aliphatic heterocycles. The fraction of sp³-hybridized carbons (Fsp3) is 1.00. The largest absolute Gasteiger partial charge is 0.392 e. The second kappa shape index (κ2) is 8.41. The average molecular weight is 398 g/mol. The first-order chi connectivity index (χ1) is 13.7. The van der Waals surface area contributed by atoms with Gasteiger partial charge in [0.05, 0.1) is 24.5 Å². The summed E-state index contributed by atoms with van der Waals surface area (Å²) in [4.78, 5) is 2.45. The first-order valence-electron chi connectivity index (χ1n) is 11.4. The number of nitrogens with one attached hydrogen (secondary N) is 3. The molecule has 8 atom stereocenters. The van der Waals surface area contributed by atoms with E-state index in [-0.39, 0.29) is 30.3 Å². The Morgan fingerprint density at radius 2 is 2.04 bits per heavy atom.